The van der Waals surface area contributed by atoms with Crippen LogP contribution in [0, 0.1) is 6.92 Å². The van der Waals surface area contributed by atoms with Crippen molar-refractivity contribution in [2.24, 2.45) is 5.14 Å². The van der Waals surface area contributed by atoms with Crippen molar-refractivity contribution in [1.29, 1.82) is 0 Å². The van der Waals surface area contributed by atoms with Gasteiger partial charge in [0, 0.05) is 0 Å². The van der Waals surface area contributed by atoms with E-state index in [0.717, 1.165) is 24.8 Å². The van der Waals surface area contributed by atoms with Gasteiger partial charge in [-0.15, -0.1) is 0 Å². The molecule has 98 valence electrons. The highest BCUT2D eigenvalue weighted by Gasteiger charge is 2.18. The third-order valence-corrected chi connectivity index (χ3v) is 3.83. The van der Waals surface area contributed by atoms with Crippen molar-refractivity contribution in [2.45, 2.75) is 37.2 Å². The number of ether oxygens (including phenoxy) is 1. The smallest absolute Gasteiger partial charge is 0.241 e. The van der Waals surface area contributed by atoms with Gasteiger partial charge in [-0.3, -0.25) is 0 Å². The zero-order valence-corrected chi connectivity index (χ0v) is 11.1. The monoisotopic (exact) mass is 267 g/mol. The first kappa shape index (κ1) is 13.1. The van der Waals surface area contributed by atoms with Gasteiger partial charge in [0.1, 0.15) is 16.7 Å². The van der Waals surface area contributed by atoms with Gasteiger partial charge >= 0.3 is 0 Å². The highest BCUT2D eigenvalue weighted by molar-refractivity contribution is 7.89. The van der Waals surface area contributed by atoms with E-state index in [-0.39, 0.29) is 11.0 Å². The van der Waals surface area contributed by atoms with Crippen LogP contribution in [-0.2, 0) is 10.0 Å². The van der Waals surface area contributed by atoms with E-state index in [2.05, 4.69) is 6.08 Å². The molecule has 1 aliphatic rings. The quantitative estimate of drug-likeness (QED) is 0.853. The molecule has 4 nitrogen and oxygen atoms in total. The predicted molar refractivity (Wildman–Crippen MR) is 70.0 cm³/mol. The zero-order chi connectivity index (χ0) is 13.2. The molecule has 1 aliphatic carbocycles. The van der Waals surface area contributed by atoms with Crippen LogP contribution in [-0.4, -0.2) is 14.5 Å². The van der Waals surface area contributed by atoms with Crippen molar-refractivity contribution >= 4 is 10.0 Å². The second-order valence-corrected chi connectivity index (χ2v) is 6.04. The van der Waals surface area contributed by atoms with Crippen molar-refractivity contribution in [3.05, 3.63) is 35.9 Å². The van der Waals surface area contributed by atoms with E-state index in [4.69, 9.17) is 9.88 Å². The van der Waals surface area contributed by atoms with E-state index in [1.807, 2.05) is 19.1 Å². The average molecular weight is 267 g/mol. The van der Waals surface area contributed by atoms with Crippen molar-refractivity contribution < 1.29 is 13.2 Å². The molecule has 0 aromatic heterocycles. The van der Waals surface area contributed by atoms with Crippen LogP contribution in [0.25, 0.3) is 0 Å². The Balaban J connectivity index is 2.32. The largest absolute Gasteiger partial charge is 0.485 e. The standard InChI is InChI=1S/C13H17NO3S/c1-10-7-8-12(13(9-10)18(14,15)16)17-11-5-3-2-4-6-11/h3,5,7-9,11H,2,4,6H2,1H3,(H2,14,15,16). The van der Waals surface area contributed by atoms with E-state index in [9.17, 15) is 8.42 Å². The van der Waals surface area contributed by atoms with E-state index in [0.29, 0.717) is 5.75 Å². The second-order valence-electron chi connectivity index (χ2n) is 4.51. The number of aryl methyl sites for hydroxylation is 1. The first-order valence-corrected chi connectivity index (χ1v) is 7.48. The maximum atomic E-state index is 11.5. The molecule has 2 N–H and O–H groups in total. The fourth-order valence-corrected chi connectivity index (χ4v) is 2.72. The normalized spacial score (nSPS) is 19.8. The molecule has 5 heteroatoms. The Hall–Kier alpha value is -1.33. The van der Waals surface area contributed by atoms with Gasteiger partial charge < -0.3 is 4.74 Å². The summed E-state index contributed by atoms with van der Waals surface area (Å²) in [4.78, 5) is 0.0569. The van der Waals surface area contributed by atoms with E-state index in [1.54, 1.807) is 6.07 Å². The fourth-order valence-electron chi connectivity index (χ4n) is 1.98. The Labute approximate surface area is 108 Å². The summed E-state index contributed by atoms with van der Waals surface area (Å²) in [7, 11) is -3.76. The van der Waals surface area contributed by atoms with Crippen molar-refractivity contribution in [3.8, 4) is 5.75 Å². The number of allylic oxidation sites excluding steroid dienone is 1. The lowest BCUT2D eigenvalue weighted by molar-refractivity contribution is 0.224. The lowest BCUT2D eigenvalue weighted by Crippen LogP contribution is -2.19. The molecule has 18 heavy (non-hydrogen) atoms. The van der Waals surface area contributed by atoms with Gasteiger partial charge in [-0.25, -0.2) is 13.6 Å². The molecule has 2 rings (SSSR count). The molecule has 0 bridgehead atoms. The topological polar surface area (TPSA) is 69.4 Å². The van der Waals surface area contributed by atoms with Gasteiger partial charge in [0.05, 0.1) is 0 Å². The fraction of sp³-hybridized carbons (Fsp3) is 0.385. The number of nitrogens with two attached hydrogens (primary N) is 1. The average Bonchev–Trinajstić information content (AvgIpc) is 2.31. The molecule has 1 aromatic rings. The summed E-state index contributed by atoms with van der Waals surface area (Å²) >= 11 is 0. The number of rotatable bonds is 3. The highest BCUT2D eigenvalue weighted by Crippen LogP contribution is 2.27. The van der Waals surface area contributed by atoms with Crippen molar-refractivity contribution in [3.63, 3.8) is 0 Å². The maximum Gasteiger partial charge on any atom is 0.241 e. The van der Waals surface area contributed by atoms with Crippen LogP contribution in [0.4, 0.5) is 0 Å². The minimum atomic E-state index is -3.76. The van der Waals surface area contributed by atoms with Crippen molar-refractivity contribution in [2.75, 3.05) is 0 Å². The molecule has 0 radical (unpaired) electrons. The summed E-state index contributed by atoms with van der Waals surface area (Å²) in [5.41, 5.74) is 0.838. The lowest BCUT2D eigenvalue weighted by atomic mass is 10.1. The predicted octanol–water partition coefficient (Wildman–Crippen LogP) is 2.13. The summed E-state index contributed by atoms with van der Waals surface area (Å²) in [6.45, 7) is 1.82. The molecule has 0 fully saturated rings. The molecule has 0 spiro atoms. The van der Waals surface area contributed by atoms with Crippen LogP contribution >= 0.6 is 0 Å². The summed E-state index contributed by atoms with van der Waals surface area (Å²) in [6.07, 6.45) is 6.96. The molecule has 0 saturated carbocycles. The van der Waals surface area contributed by atoms with Gasteiger partial charge in [-0.05, 0) is 50.0 Å². The molecule has 1 aromatic carbocycles. The molecular weight excluding hydrogens is 250 g/mol. The Morgan fingerprint density at radius 2 is 2.17 bits per heavy atom. The Kier molecular flexibility index (Phi) is 3.73. The summed E-state index contributed by atoms with van der Waals surface area (Å²) in [6, 6.07) is 5.02. The first-order chi connectivity index (χ1) is 8.47. The molecular formula is C13H17NO3S. The third kappa shape index (κ3) is 3.11. The SMILES string of the molecule is Cc1ccc(OC2C=CCCC2)c(S(N)(=O)=O)c1. The minimum absolute atomic E-state index is 0.0569. The van der Waals surface area contributed by atoms with E-state index < -0.39 is 10.0 Å². The van der Waals surface area contributed by atoms with Gasteiger partial charge in [0.25, 0.3) is 0 Å². The number of sulfonamides is 1. The minimum Gasteiger partial charge on any atom is -0.485 e. The molecule has 0 heterocycles. The Morgan fingerprint density at radius 1 is 1.39 bits per heavy atom. The Morgan fingerprint density at radius 3 is 2.78 bits per heavy atom. The zero-order valence-electron chi connectivity index (χ0n) is 10.3. The molecule has 0 aliphatic heterocycles. The van der Waals surface area contributed by atoms with Crippen molar-refractivity contribution in [1.82, 2.24) is 0 Å². The number of primary sulfonamides is 1. The Bertz CT molecular complexity index is 564. The number of hydrogen-bond donors (Lipinski definition) is 1. The summed E-state index contributed by atoms with van der Waals surface area (Å²) < 4.78 is 28.8. The number of hydrogen-bond acceptors (Lipinski definition) is 3. The van der Waals surface area contributed by atoms with Gasteiger partial charge in [-0.1, -0.05) is 12.1 Å². The van der Waals surface area contributed by atoms with E-state index in [1.165, 1.54) is 6.07 Å². The number of benzene rings is 1. The maximum absolute atomic E-state index is 11.5. The van der Waals surface area contributed by atoms with Crippen LogP contribution in [0.2, 0.25) is 0 Å². The first-order valence-electron chi connectivity index (χ1n) is 5.93. The van der Waals surface area contributed by atoms with Crippen LogP contribution in [0.15, 0.2) is 35.2 Å². The van der Waals surface area contributed by atoms with Crippen LogP contribution in [0.5, 0.6) is 5.75 Å². The van der Waals surface area contributed by atoms with E-state index >= 15 is 0 Å². The highest BCUT2D eigenvalue weighted by atomic mass is 32.2. The van der Waals surface area contributed by atoms with Crippen LogP contribution < -0.4 is 9.88 Å². The molecule has 1 unspecified atom stereocenters. The van der Waals surface area contributed by atoms with Gasteiger partial charge in [-0.2, -0.15) is 0 Å². The second kappa shape index (κ2) is 5.12. The summed E-state index contributed by atoms with van der Waals surface area (Å²) in [5, 5.41) is 5.21. The molecule has 0 amide bonds. The van der Waals surface area contributed by atoms with Gasteiger partial charge in [0.15, 0.2) is 0 Å². The third-order valence-electron chi connectivity index (χ3n) is 2.89. The van der Waals surface area contributed by atoms with Gasteiger partial charge in [0.2, 0.25) is 10.0 Å². The molecule has 1 atom stereocenters. The van der Waals surface area contributed by atoms with Crippen LogP contribution in [0.1, 0.15) is 24.8 Å². The van der Waals surface area contributed by atoms with Crippen LogP contribution in [0.3, 0.4) is 0 Å². The lowest BCUT2D eigenvalue weighted by Gasteiger charge is -2.20. The summed E-state index contributed by atoms with van der Waals surface area (Å²) in [5.74, 6) is 0.333. The molecule has 0 saturated heterocycles.